The SMILES string of the molecule is O=C1NCCCCCOc2ccc(C(=O)NCc3ccncc3)cc2Cc2cccc1c2. The van der Waals surface area contributed by atoms with E-state index in [1.54, 1.807) is 18.5 Å². The normalized spacial score (nSPS) is 14.3. The molecule has 2 amide bonds. The molecule has 0 unspecified atom stereocenters. The molecular weight excluding hydrogens is 402 g/mol. The largest absolute Gasteiger partial charge is 0.493 e. The van der Waals surface area contributed by atoms with Crippen molar-refractivity contribution < 1.29 is 14.3 Å². The van der Waals surface area contributed by atoms with Crippen LogP contribution >= 0.6 is 0 Å². The van der Waals surface area contributed by atoms with Crippen molar-refractivity contribution in [3.8, 4) is 5.75 Å². The van der Waals surface area contributed by atoms with Crippen molar-refractivity contribution in [1.29, 1.82) is 0 Å². The zero-order valence-corrected chi connectivity index (χ0v) is 18.0. The van der Waals surface area contributed by atoms with Gasteiger partial charge in [-0.05, 0) is 78.4 Å². The molecule has 6 nitrogen and oxygen atoms in total. The van der Waals surface area contributed by atoms with Crippen LogP contribution in [0.5, 0.6) is 5.75 Å². The van der Waals surface area contributed by atoms with Crippen molar-refractivity contribution in [1.82, 2.24) is 15.6 Å². The monoisotopic (exact) mass is 429 g/mol. The summed E-state index contributed by atoms with van der Waals surface area (Å²) in [6.07, 6.45) is 6.79. The predicted molar refractivity (Wildman–Crippen MR) is 123 cm³/mol. The molecule has 0 spiro atoms. The fourth-order valence-electron chi connectivity index (χ4n) is 3.72. The molecule has 0 atom stereocenters. The lowest BCUT2D eigenvalue weighted by atomic mass is 9.99. The Kier molecular flexibility index (Phi) is 7.12. The van der Waals surface area contributed by atoms with E-state index in [1.807, 2.05) is 48.5 Å². The number of fused-ring (bicyclic) bond motifs is 3. The zero-order valence-electron chi connectivity index (χ0n) is 18.0. The zero-order chi connectivity index (χ0) is 22.2. The van der Waals surface area contributed by atoms with Gasteiger partial charge in [0, 0.05) is 43.0 Å². The Bertz CT molecular complexity index is 1080. The minimum absolute atomic E-state index is 0.0513. The van der Waals surface area contributed by atoms with Crippen molar-refractivity contribution in [2.75, 3.05) is 13.2 Å². The first kappa shape index (κ1) is 21.6. The molecule has 6 heteroatoms. The molecule has 0 saturated carbocycles. The first-order valence-electron chi connectivity index (χ1n) is 11.0. The highest BCUT2D eigenvalue weighted by molar-refractivity contribution is 5.95. The van der Waals surface area contributed by atoms with Gasteiger partial charge in [0.2, 0.25) is 0 Å². The Hall–Kier alpha value is -3.67. The summed E-state index contributed by atoms with van der Waals surface area (Å²) in [4.78, 5) is 29.2. The van der Waals surface area contributed by atoms with Gasteiger partial charge in [-0.1, -0.05) is 12.1 Å². The molecule has 2 N–H and O–H groups in total. The summed E-state index contributed by atoms with van der Waals surface area (Å²) >= 11 is 0. The standard InChI is InChI=1S/C26H27N3O3/c30-25-21-6-4-5-20(15-21)16-23-17-22(26(31)29-18-19-9-12-27-13-10-19)7-8-24(23)32-14-3-1-2-11-28-25/h4-10,12-13,15,17H,1-3,11,14,16,18H2,(H,28,30)(H,29,31). The molecule has 1 aromatic heterocycles. The van der Waals surface area contributed by atoms with E-state index < -0.39 is 0 Å². The third kappa shape index (κ3) is 5.72. The molecule has 3 aromatic rings. The van der Waals surface area contributed by atoms with Crippen molar-refractivity contribution in [3.05, 3.63) is 94.8 Å². The molecule has 2 heterocycles. The summed E-state index contributed by atoms with van der Waals surface area (Å²) in [5.41, 5.74) is 4.14. The third-order valence-corrected chi connectivity index (χ3v) is 5.47. The molecule has 0 saturated heterocycles. The van der Waals surface area contributed by atoms with Crippen LogP contribution in [0.3, 0.4) is 0 Å². The number of hydrogen-bond donors (Lipinski definition) is 2. The van der Waals surface area contributed by atoms with Crippen LogP contribution in [0.15, 0.2) is 67.0 Å². The Balaban J connectivity index is 1.57. The average molecular weight is 430 g/mol. The quantitative estimate of drug-likeness (QED) is 0.662. The third-order valence-electron chi connectivity index (χ3n) is 5.47. The Labute approximate surface area is 188 Å². The number of benzene rings is 2. The molecule has 32 heavy (non-hydrogen) atoms. The second kappa shape index (κ2) is 10.6. The van der Waals surface area contributed by atoms with Crippen molar-refractivity contribution in [2.24, 2.45) is 0 Å². The summed E-state index contributed by atoms with van der Waals surface area (Å²) in [6.45, 7) is 1.71. The number of carbonyl (C=O) groups excluding carboxylic acids is 2. The number of hydrogen-bond acceptors (Lipinski definition) is 4. The Morgan fingerprint density at radius 3 is 2.78 bits per heavy atom. The van der Waals surface area contributed by atoms with E-state index >= 15 is 0 Å². The number of amides is 2. The first-order chi connectivity index (χ1) is 15.7. The van der Waals surface area contributed by atoms with Crippen LogP contribution in [0, 0.1) is 0 Å². The van der Waals surface area contributed by atoms with Gasteiger partial charge < -0.3 is 15.4 Å². The molecular formula is C26H27N3O3. The summed E-state index contributed by atoms with van der Waals surface area (Å²) in [5.74, 6) is 0.587. The Morgan fingerprint density at radius 2 is 1.91 bits per heavy atom. The highest BCUT2D eigenvalue weighted by Gasteiger charge is 2.13. The number of rotatable bonds is 3. The number of aromatic nitrogens is 1. The second-order valence-electron chi connectivity index (χ2n) is 7.90. The van der Waals surface area contributed by atoms with Crippen LogP contribution in [-0.2, 0) is 13.0 Å². The van der Waals surface area contributed by atoms with Crippen LogP contribution in [-0.4, -0.2) is 29.9 Å². The van der Waals surface area contributed by atoms with Gasteiger partial charge in [-0.15, -0.1) is 0 Å². The maximum atomic E-state index is 12.8. The smallest absolute Gasteiger partial charge is 0.251 e. The van der Waals surface area contributed by atoms with E-state index in [1.165, 1.54) is 0 Å². The Morgan fingerprint density at radius 1 is 1.03 bits per heavy atom. The van der Waals surface area contributed by atoms with Crippen LogP contribution in [0.1, 0.15) is 56.7 Å². The highest BCUT2D eigenvalue weighted by atomic mass is 16.5. The minimum Gasteiger partial charge on any atom is -0.493 e. The number of ether oxygens (including phenoxy) is 1. The van der Waals surface area contributed by atoms with Gasteiger partial charge in [0.15, 0.2) is 0 Å². The van der Waals surface area contributed by atoms with Gasteiger partial charge >= 0.3 is 0 Å². The van der Waals surface area contributed by atoms with E-state index in [0.29, 0.717) is 37.2 Å². The van der Waals surface area contributed by atoms with Crippen LogP contribution in [0.4, 0.5) is 0 Å². The summed E-state index contributed by atoms with van der Waals surface area (Å²) < 4.78 is 6.06. The number of nitrogens with one attached hydrogen (secondary N) is 2. The van der Waals surface area contributed by atoms with E-state index in [0.717, 1.165) is 41.7 Å². The van der Waals surface area contributed by atoms with Crippen LogP contribution in [0.25, 0.3) is 0 Å². The van der Waals surface area contributed by atoms with Gasteiger partial charge in [-0.25, -0.2) is 0 Å². The van der Waals surface area contributed by atoms with Crippen molar-refractivity contribution in [3.63, 3.8) is 0 Å². The molecule has 0 aliphatic carbocycles. The lowest BCUT2D eigenvalue weighted by molar-refractivity contribution is 0.0944. The van der Waals surface area contributed by atoms with Crippen molar-refractivity contribution >= 4 is 11.8 Å². The summed E-state index contributed by atoms with van der Waals surface area (Å²) in [7, 11) is 0. The number of carbonyl (C=O) groups is 2. The molecule has 2 bridgehead atoms. The topological polar surface area (TPSA) is 80.3 Å². The van der Waals surface area contributed by atoms with Crippen LogP contribution in [0.2, 0.25) is 0 Å². The van der Waals surface area contributed by atoms with Gasteiger partial charge in [-0.2, -0.15) is 0 Å². The fourth-order valence-corrected chi connectivity index (χ4v) is 3.72. The molecule has 2 aromatic carbocycles. The van der Waals surface area contributed by atoms with Gasteiger partial charge in [0.05, 0.1) is 6.61 Å². The minimum atomic E-state index is -0.142. The lowest BCUT2D eigenvalue weighted by Gasteiger charge is -2.15. The number of nitrogens with zero attached hydrogens (tertiary/aromatic N) is 1. The van der Waals surface area contributed by atoms with E-state index in [9.17, 15) is 9.59 Å². The molecule has 4 rings (SSSR count). The first-order valence-corrected chi connectivity index (χ1v) is 11.0. The second-order valence-corrected chi connectivity index (χ2v) is 7.90. The molecule has 1 aliphatic rings. The average Bonchev–Trinajstić information content (AvgIpc) is 2.83. The number of pyridine rings is 1. The van der Waals surface area contributed by atoms with E-state index in [2.05, 4.69) is 15.6 Å². The fraction of sp³-hybridized carbons (Fsp3) is 0.269. The summed E-state index contributed by atoms with van der Waals surface area (Å²) in [6, 6.07) is 16.9. The molecule has 1 aliphatic heterocycles. The maximum Gasteiger partial charge on any atom is 0.251 e. The maximum absolute atomic E-state index is 12.8. The lowest BCUT2D eigenvalue weighted by Crippen LogP contribution is -2.24. The predicted octanol–water partition coefficient (Wildman–Crippen LogP) is 3.89. The van der Waals surface area contributed by atoms with Gasteiger partial charge in [-0.3, -0.25) is 14.6 Å². The molecule has 0 radical (unpaired) electrons. The van der Waals surface area contributed by atoms with E-state index in [4.69, 9.17) is 4.74 Å². The van der Waals surface area contributed by atoms with Gasteiger partial charge in [0.1, 0.15) is 5.75 Å². The summed E-state index contributed by atoms with van der Waals surface area (Å²) in [5, 5.41) is 5.94. The van der Waals surface area contributed by atoms with Crippen LogP contribution < -0.4 is 15.4 Å². The van der Waals surface area contributed by atoms with E-state index in [-0.39, 0.29) is 11.8 Å². The molecule has 164 valence electrons. The highest BCUT2D eigenvalue weighted by Crippen LogP contribution is 2.25. The molecule has 0 fully saturated rings. The van der Waals surface area contributed by atoms with Crippen molar-refractivity contribution in [2.45, 2.75) is 32.2 Å². The van der Waals surface area contributed by atoms with Gasteiger partial charge in [0.25, 0.3) is 11.8 Å².